The average Bonchev–Trinajstić information content (AvgIpc) is 3.17. The molecule has 1 aromatic heterocycles. The summed E-state index contributed by atoms with van der Waals surface area (Å²) in [6, 6.07) is 14.6. The molecule has 0 unspecified atom stereocenters. The normalized spacial score (nSPS) is 15.8. The Kier molecular flexibility index (Phi) is 6.88. The molecule has 2 heterocycles. The first-order chi connectivity index (χ1) is 15.3. The summed E-state index contributed by atoms with van der Waals surface area (Å²) in [7, 11) is -3.50. The Morgan fingerprint density at radius 3 is 2.53 bits per heavy atom. The van der Waals surface area contributed by atoms with E-state index in [1.54, 1.807) is 22.5 Å². The maximum absolute atomic E-state index is 13.0. The largest absolute Gasteiger partial charge is 0.354 e. The Labute approximate surface area is 194 Å². The van der Waals surface area contributed by atoms with E-state index in [9.17, 15) is 13.2 Å². The van der Waals surface area contributed by atoms with Crippen molar-refractivity contribution in [2.45, 2.75) is 37.6 Å². The number of halogens is 1. The SMILES string of the molecule is CC1CCN(S(=O)(=O)c2ccc3c(ccn3CC(=O)NCCc3ccc(Cl)cc3)c2)CC1. The Bertz CT molecular complexity index is 1200. The minimum absolute atomic E-state index is 0.0874. The number of amides is 1. The third-order valence-corrected chi connectivity index (χ3v) is 8.23. The lowest BCUT2D eigenvalue weighted by Gasteiger charge is -2.29. The van der Waals surface area contributed by atoms with Gasteiger partial charge in [-0.25, -0.2) is 8.42 Å². The van der Waals surface area contributed by atoms with Gasteiger partial charge in [0.2, 0.25) is 15.9 Å². The van der Waals surface area contributed by atoms with Crippen LogP contribution < -0.4 is 5.32 Å². The molecule has 0 radical (unpaired) electrons. The molecule has 0 saturated carbocycles. The Hall–Kier alpha value is -2.35. The molecule has 32 heavy (non-hydrogen) atoms. The van der Waals surface area contributed by atoms with E-state index in [0.29, 0.717) is 35.5 Å². The van der Waals surface area contributed by atoms with E-state index in [0.717, 1.165) is 35.7 Å². The van der Waals surface area contributed by atoms with Crippen molar-refractivity contribution in [2.24, 2.45) is 5.92 Å². The number of benzene rings is 2. The summed E-state index contributed by atoms with van der Waals surface area (Å²) in [5.41, 5.74) is 1.95. The van der Waals surface area contributed by atoms with Crippen LogP contribution in [0.5, 0.6) is 0 Å². The molecule has 1 aliphatic heterocycles. The van der Waals surface area contributed by atoms with Gasteiger partial charge in [-0.15, -0.1) is 0 Å². The van der Waals surface area contributed by atoms with Crippen molar-refractivity contribution in [1.82, 2.24) is 14.2 Å². The quantitative estimate of drug-likeness (QED) is 0.562. The van der Waals surface area contributed by atoms with Crippen LogP contribution in [0.3, 0.4) is 0 Å². The van der Waals surface area contributed by atoms with Crippen molar-refractivity contribution >= 4 is 38.4 Å². The lowest BCUT2D eigenvalue weighted by atomic mass is 10.0. The molecule has 170 valence electrons. The third-order valence-electron chi connectivity index (χ3n) is 6.09. The van der Waals surface area contributed by atoms with Gasteiger partial charge in [-0.05, 0) is 67.1 Å². The molecule has 1 aliphatic rings. The summed E-state index contributed by atoms with van der Waals surface area (Å²) >= 11 is 5.89. The first-order valence-corrected chi connectivity index (χ1v) is 12.7. The number of nitrogens with zero attached hydrogens (tertiary/aromatic N) is 2. The molecular weight excluding hydrogens is 446 g/mol. The molecule has 0 bridgehead atoms. The number of piperidine rings is 1. The molecule has 1 saturated heterocycles. The molecule has 1 N–H and O–H groups in total. The fourth-order valence-corrected chi connectivity index (χ4v) is 5.69. The van der Waals surface area contributed by atoms with Crippen LogP contribution in [-0.2, 0) is 27.8 Å². The first-order valence-electron chi connectivity index (χ1n) is 10.9. The van der Waals surface area contributed by atoms with Crippen LogP contribution >= 0.6 is 11.6 Å². The van der Waals surface area contributed by atoms with E-state index >= 15 is 0 Å². The highest BCUT2D eigenvalue weighted by molar-refractivity contribution is 7.89. The number of carbonyl (C=O) groups is 1. The molecule has 2 aromatic carbocycles. The van der Waals surface area contributed by atoms with E-state index < -0.39 is 10.0 Å². The van der Waals surface area contributed by atoms with Crippen molar-refractivity contribution in [3.63, 3.8) is 0 Å². The van der Waals surface area contributed by atoms with Crippen molar-refractivity contribution in [2.75, 3.05) is 19.6 Å². The third kappa shape index (κ3) is 5.17. The minimum Gasteiger partial charge on any atom is -0.354 e. The fraction of sp³-hybridized carbons (Fsp3) is 0.375. The highest BCUT2D eigenvalue weighted by atomic mass is 35.5. The van der Waals surface area contributed by atoms with Crippen LogP contribution in [0.1, 0.15) is 25.3 Å². The van der Waals surface area contributed by atoms with Crippen molar-refractivity contribution in [3.8, 4) is 0 Å². The highest BCUT2D eigenvalue weighted by Crippen LogP contribution is 2.26. The van der Waals surface area contributed by atoms with E-state index in [1.807, 2.05) is 41.1 Å². The molecule has 4 rings (SSSR count). The lowest BCUT2D eigenvalue weighted by molar-refractivity contribution is -0.121. The average molecular weight is 474 g/mol. The molecule has 1 amide bonds. The Morgan fingerprint density at radius 1 is 1.09 bits per heavy atom. The van der Waals surface area contributed by atoms with E-state index in [4.69, 9.17) is 11.6 Å². The monoisotopic (exact) mass is 473 g/mol. The van der Waals surface area contributed by atoms with Crippen LogP contribution in [0, 0.1) is 5.92 Å². The molecule has 3 aromatic rings. The second kappa shape index (κ2) is 9.65. The van der Waals surface area contributed by atoms with Gasteiger partial charge < -0.3 is 9.88 Å². The molecule has 8 heteroatoms. The highest BCUT2D eigenvalue weighted by Gasteiger charge is 2.28. The van der Waals surface area contributed by atoms with Crippen LogP contribution in [0.2, 0.25) is 5.02 Å². The maximum atomic E-state index is 13.0. The Balaban J connectivity index is 1.39. The van der Waals surface area contributed by atoms with Gasteiger partial charge in [0.1, 0.15) is 6.54 Å². The predicted molar refractivity (Wildman–Crippen MR) is 127 cm³/mol. The van der Waals surface area contributed by atoms with Crippen LogP contribution in [0.4, 0.5) is 0 Å². The number of carbonyl (C=O) groups excluding carboxylic acids is 1. The summed E-state index contributed by atoms with van der Waals surface area (Å²) in [5.74, 6) is 0.478. The molecule has 0 aliphatic carbocycles. The zero-order chi connectivity index (χ0) is 22.7. The smallest absolute Gasteiger partial charge is 0.243 e. The first kappa shape index (κ1) is 22.8. The van der Waals surface area contributed by atoms with Gasteiger partial charge in [-0.2, -0.15) is 4.31 Å². The number of aromatic nitrogens is 1. The van der Waals surface area contributed by atoms with Crippen molar-refractivity contribution < 1.29 is 13.2 Å². The number of fused-ring (bicyclic) bond motifs is 1. The summed E-state index contributed by atoms with van der Waals surface area (Å²) in [4.78, 5) is 12.7. The van der Waals surface area contributed by atoms with E-state index in [-0.39, 0.29) is 12.5 Å². The zero-order valence-electron chi connectivity index (χ0n) is 18.1. The van der Waals surface area contributed by atoms with Gasteiger partial charge in [0.25, 0.3) is 0 Å². The second-order valence-electron chi connectivity index (χ2n) is 8.48. The Morgan fingerprint density at radius 2 is 1.81 bits per heavy atom. The predicted octanol–water partition coefficient (Wildman–Crippen LogP) is 4.07. The molecular formula is C24H28ClN3O3S. The van der Waals surface area contributed by atoms with Gasteiger partial charge in [0, 0.05) is 41.8 Å². The van der Waals surface area contributed by atoms with Gasteiger partial charge >= 0.3 is 0 Å². The minimum atomic E-state index is -3.50. The summed E-state index contributed by atoms with van der Waals surface area (Å²) < 4.78 is 29.5. The number of nitrogens with one attached hydrogen (secondary N) is 1. The fourth-order valence-electron chi connectivity index (χ4n) is 4.06. The molecule has 0 atom stereocenters. The summed E-state index contributed by atoms with van der Waals surface area (Å²) in [6.45, 7) is 4.01. The molecule has 0 spiro atoms. The summed E-state index contributed by atoms with van der Waals surface area (Å²) in [5, 5.41) is 4.44. The van der Waals surface area contributed by atoms with Crippen molar-refractivity contribution in [3.05, 3.63) is 65.3 Å². The maximum Gasteiger partial charge on any atom is 0.243 e. The van der Waals surface area contributed by atoms with Gasteiger partial charge in [-0.1, -0.05) is 30.7 Å². The van der Waals surface area contributed by atoms with Crippen LogP contribution in [0.25, 0.3) is 10.9 Å². The van der Waals surface area contributed by atoms with E-state index in [1.165, 1.54) is 0 Å². The number of rotatable bonds is 7. The van der Waals surface area contributed by atoms with Gasteiger partial charge in [0.05, 0.1) is 4.90 Å². The van der Waals surface area contributed by atoms with Gasteiger partial charge in [-0.3, -0.25) is 4.79 Å². The lowest BCUT2D eigenvalue weighted by Crippen LogP contribution is -2.37. The van der Waals surface area contributed by atoms with E-state index in [2.05, 4.69) is 12.2 Å². The number of sulfonamides is 1. The topological polar surface area (TPSA) is 71.4 Å². The second-order valence-corrected chi connectivity index (χ2v) is 10.9. The van der Waals surface area contributed by atoms with Crippen LogP contribution in [-0.4, -0.2) is 42.8 Å². The standard InChI is InChI=1S/C24H28ClN3O3S/c1-18-9-14-28(15-10-18)32(30,31)22-6-7-23-20(16-22)11-13-27(23)17-24(29)26-12-8-19-2-4-21(25)5-3-19/h2-7,11,13,16,18H,8-10,12,14-15,17H2,1H3,(H,26,29). The summed E-state index contributed by atoms with van der Waals surface area (Å²) in [6.07, 6.45) is 4.34. The van der Waals surface area contributed by atoms with Crippen LogP contribution in [0.15, 0.2) is 59.6 Å². The number of hydrogen-bond acceptors (Lipinski definition) is 3. The van der Waals surface area contributed by atoms with Crippen molar-refractivity contribution in [1.29, 1.82) is 0 Å². The molecule has 1 fully saturated rings. The molecule has 6 nitrogen and oxygen atoms in total. The van der Waals surface area contributed by atoms with Gasteiger partial charge in [0.15, 0.2) is 0 Å². The zero-order valence-corrected chi connectivity index (χ0v) is 19.7. The number of hydrogen-bond donors (Lipinski definition) is 1.